The molecule has 0 fully saturated rings. The Morgan fingerprint density at radius 3 is 2.52 bits per heavy atom. The zero-order valence-electron chi connectivity index (χ0n) is 10.7. The summed E-state index contributed by atoms with van der Waals surface area (Å²) in [5.74, 6) is -1.50. The first-order valence-electron chi connectivity index (χ1n) is 6.06. The largest absolute Gasteiger partial charge is 0.478 e. The molecule has 2 aromatic carbocycles. The number of carbonyl (C=O) groups is 1. The highest BCUT2D eigenvalue weighted by atomic mass is 19.1. The first-order valence-corrected chi connectivity index (χ1v) is 6.06. The number of aromatic carboxylic acids is 1. The van der Waals surface area contributed by atoms with Crippen molar-refractivity contribution in [1.29, 1.82) is 0 Å². The van der Waals surface area contributed by atoms with Gasteiger partial charge in [-0.2, -0.15) is 4.98 Å². The minimum Gasteiger partial charge on any atom is -0.478 e. The van der Waals surface area contributed by atoms with Crippen LogP contribution in [-0.2, 0) is 0 Å². The number of hydrogen-bond acceptors (Lipinski definition) is 4. The van der Waals surface area contributed by atoms with Gasteiger partial charge in [0.1, 0.15) is 5.82 Å². The van der Waals surface area contributed by atoms with Crippen LogP contribution < -0.4 is 0 Å². The Bertz CT molecular complexity index is 800. The van der Waals surface area contributed by atoms with E-state index >= 15 is 0 Å². The standard InChI is InChI=1S/C15H9FN2O3/c16-12-7-2-1-4-9(12)10-5-3-6-11(15(19)20)13(10)14-17-8-21-18-14/h1-8H,(H,19,20). The van der Waals surface area contributed by atoms with Gasteiger partial charge in [0.2, 0.25) is 12.2 Å². The Kier molecular flexibility index (Phi) is 3.19. The Morgan fingerprint density at radius 2 is 1.86 bits per heavy atom. The summed E-state index contributed by atoms with van der Waals surface area (Å²) >= 11 is 0. The summed E-state index contributed by atoms with van der Waals surface area (Å²) in [6, 6.07) is 10.7. The quantitative estimate of drug-likeness (QED) is 0.799. The third-order valence-electron chi connectivity index (χ3n) is 3.04. The molecule has 1 aromatic heterocycles. The van der Waals surface area contributed by atoms with Crippen LogP contribution in [0.1, 0.15) is 10.4 Å². The third-order valence-corrected chi connectivity index (χ3v) is 3.04. The van der Waals surface area contributed by atoms with Crippen LogP contribution in [0.25, 0.3) is 22.5 Å². The number of nitrogens with zero attached hydrogens (tertiary/aromatic N) is 2. The number of carboxylic acids is 1. The molecule has 3 aromatic rings. The molecule has 6 heteroatoms. The zero-order valence-corrected chi connectivity index (χ0v) is 10.7. The number of aromatic nitrogens is 2. The maximum Gasteiger partial charge on any atom is 0.336 e. The van der Waals surface area contributed by atoms with Crippen molar-refractivity contribution >= 4 is 5.97 Å². The zero-order chi connectivity index (χ0) is 14.8. The van der Waals surface area contributed by atoms with Crippen molar-refractivity contribution in [2.45, 2.75) is 0 Å². The van der Waals surface area contributed by atoms with Crippen molar-refractivity contribution in [1.82, 2.24) is 10.1 Å². The fourth-order valence-corrected chi connectivity index (χ4v) is 2.16. The van der Waals surface area contributed by atoms with Crippen LogP contribution in [0.5, 0.6) is 0 Å². The van der Waals surface area contributed by atoms with E-state index in [1.54, 1.807) is 30.3 Å². The number of carboxylic acid groups (broad SMARTS) is 1. The van der Waals surface area contributed by atoms with Gasteiger partial charge in [-0.15, -0.1) is 0 Å². The first kappa shape index (κ1) is 13.0. The van der Waals surface area contributed by atoms with Crippen LogP contribution in [0.2, 0.25) is 0 Å². The molecule has 1 N–H and O–H groups in total. The molecule has 0 aliphatic carbocycles. The minimum atomic E-state index is -1.15. The van der Waals surface area contributed by atoms with Crippen molar-refractivity contribution in [3.05, 3.63) is 60.2 Å². The number of benzene rings is 2. The average molecular weight is 284 g/mol. The Labute approximate surface area is 118 Å². The van der Waals surface area contributed by atoms with Crippen LogP contribution >= 0.6 is 0 Å². The molecule has 0 saturated carbocycles. The second-order valence-electron chi connectivity index (χ2n) is 4.27. The van der Waals surface area contributed by atoms with Gasteiger partial charge in [-0.1, -0.05) is 35.5 Å². The van der Waals surface area contributed by atoms with Crippen molar-refractivity contribution in [3.63, 3.8) is 0 Å². The smallest absolute Gasteiger partial charge is 0.336 e. The monoisotopic (exact) mass is 284 g/mol. The van der Waals surface area contributed by atoms with E-state index in [9.17, 15) is 14.3 Å². The minimum absolute atomic E-state index is 0.0165. The van der Waals surface area contributed by atoms with Crippen LogP contribution in [0, 0.1) is 5.82 Å². The van der Waals surface area contributed by atoms with Crippen LogP contribution in [0.3, 0.4) is 0 Å². The Balaban J connectivity index is 2.34. The van der Waals surface area contributed by atoms with E-state index in [0.717, 1.165) is 6.39 Å². The SMILES string of the molecule is O=C(O)c1cccc(-c2ccccc2F)c1-c1ncon1. The normalized spacial score (nSPS) is 10.5. The molecule has 21 heavy (non-hydrogen) atoms. The fourth-order valence-electron chi connectivity index (χ4n) is 2.16. The van der Waals surface area contributed by atoms with Gasteiger partial charge in [-0.3, -0.25) is 0 Å². The molecule has 0 unspecified atom stereocenters. The topological polar surface area (TPSA) is 76.2 Å². The van der Waals surface area contributed by atoms with Gasteiger partial charge in [-0.25, -0.2) is 9.18 Å². The van der Waals surface area contributed by atoms with Gasteiger partial charge in [0.25, 0.3) is 0 Å². The van der Waals surface area contributed by atoms with Gasteiger partial charge >= 0.3 is 5.97 Å². The predicted molar refractivity (Wildman–Crippen MR) is 72.1 cm³/mol. The van der Waals surface area contributed by atoms with Gasteiger partial charge in [0.05, 0.1) is 5.56 Å². The third kappa shape index (κ3) is 2.27. The molecule has 3 rings (SSSR count). The summed E-state index contributed by atoms with van der Waals surface area (Å²) < 4.78 is 18.7. The lowest BCUT2D eigenvalue weighted by atomic mass is 9.94. The van der Waals surface area contributed by atoms with Gasteiger partial charge < -0.3 is 9.63 Å². The first-order chi connectivity index (χ1) is 10.2. The molecule has 1 heterocycles. The number of rotatable bonds is 3. The van der Waals surface area contributed by atoms with E-state index in [4.69, 9.17) is 0 Å². The van der Waals surface area contributed by atoms with Gasteiger partial charge in [0.15, 0.2) is 0 Å². The molecule has 104 valence electrons. The average Bonchev–Trinajstić information content (AvgIpc) is 3.01. The molecule has 5 nitrogen and oxygen atoms in total. The molecule has 0 radical (unpaired) electrons. The van der Waals surface area contributed by atoms with E-state index in [1.165, 1.54) is 12.1 Å². The maximum absolute atomic E-state index is 14.0. The summed E-state index contributed by atoms with van der Waals surface area (Å²) in [6.07, 6.45) is 1.10. The van der Waals surface area contributed by atoms with E-state index in [1.807, 2.05) is 0 Å². The number of halogens is 1. The van der Waals surface area contributed by atoms with E-state index in [0.29, 0.717) is 5.56 Å². The molecule has 0 spiro atoms. The highest BCUT2D eigenvalue weighted by Crippen LogP contribution is 2.34. The summed E-state index contributed by atoms with van der Waals surface area (Å²) in [6.45, 7) is 0. The molecule has 0 bridgehead atoms. The molecule has 0 aliphatic heterocycles. The van der Waals surface area contributed by atoms with Crippen molar-refractivity contribution in [2.24, 2.45) is 0 Å². The van der Waals surface area contributed by atoms with Gasteiger partial charge in [0, 0.05) is 11.1 Å². The Morgan fingerprint density at radius 1 is 1.10 bits per heavy atom. The van der Waals surface area contributed by atoms with Gasteiger partial charge in [-0.05, 0) is 17.7 Å². The highest BCUT2D eigenvalue weighted by Gasteiger charge is 2.21. The summed E-state index contributed by atoms with van der Waals surface area (Å²) in [4.78, 5) is 15.3. The van der Waals surface area contributed by atoms with Crippen molar-refractivity contribution in [2.75, 3.05) is 0 Å². The van der Waals surface area contributed by atoms with Crippen molar-refractivity contribution in [3.8, 4) is 22.5 Å². The van der Waals surface area contributed by atoms with Crippen LogP contribution in [0.4, 0.5) is 4.39 Å². The second kappa shape index (κ2) is 5.16. The Hall–Kier alpha value is -3.02. The van der Waals surface area contributed by atoms with Crippen molar-refractivity contribution < 1.29 is 18.8 Å². The fraction of sp³-hybridized carbons (Fsp3) is 0. The summed E-state index contributed by atoms with van der Waals surface area (Å²) in [7, 11) is 0. The molecule has 0 saturated heterocycles. The van der Waals surface area contributed by atoms with Crippen LogP contribution in [0.15, 0.2) is 53.4 Å². The lowest BCUT2D eigenvalue weighted by Gasteiger charge is -2.10. The number of hydrogen-bond donors (Lipinski definition) is 1. The van der Waals surface area contributed by atoms with E-state index in [-0.39, 0.29) is 22.5 Å². The summed E-state index contributed by atoms with van der Waals surface area (Å²) in [5.41, 5.74) is 0.885. The highest BCUT2D eigenvalue weighted by molar-refractivity contribution is 6.00. The second-order valence-corrected chi connectivity index (χ2v) is 4.27. The molecule has 0 atom stereocenters. The lowest BCUT2D eigenvalue weighted by Crippen LogP contribution is -2.02. The lowest BCUT2D eigenvalue weighted by molar-refractivity contribution is 0.0697. The summed E-state index contributed by atoms with van der Waals surface area (Å²) in [5, 5.41) is 13.0. The molecule has 0 amide bonds. The van der Waals surface area contributed by atoms with E-state index in [2.05, 4.69) is 14.7 Å². The van der Waals surface area contributed by atoms with Crippen LogP contribution in [-0.4, -0.2) is 21.2 Å². The molecule has 0 aliphatic rings. The molecular formula is C15H9FN2O3. The van der Waals surface area contributed by atoms with E-state index < -0.39 is 11.8 Å². The predicted octanol–water partition coefficient (Wildman–Crippen LogP) is 3.24. The maximum atomic E-state index is 14.0. The molecular weight excluding hydrogens is 275 g/mol.